The number of β-amino-alcohol motifs (C(OH)–C–C–N with tert-alkyl or cyclic N) is 1. The highest BCUT2D eigenvalue weighted by molar-refractivity contribution is 5.17. The van der Waals surface area contributed by atoms with Gasteiger partial charge >= 0.3 is 0 Å². The second-order valence-electron chi connectivity index (χ2n) is 5.58. The normalized spacial score (nSPS) is 24.1. The van der Waals surface area contributed by atoms with E-state index in [1.54, 1.807) is 0 Å². The Bertz CT molecular complexity index is 386. The third-order valence-electron chi connectivity index (χ3n) is 4.30. The molecule has 2 heterocycles. The van der Waals surface area contributed by atoms with Crippen molar-refractivity contribution in [2.45, 2.75) is 12.1 Å². The van der Waals surface area contributed by atoms with Crippen LogP contribution in [0.2, 0.25) is 0 Å². The largest absolute Gasteiger partial charge is 0.387 e. The smallest absolute Gasteiger partial charge is 0.0916 e. The second kappa shape index (κ2) is 6.01. The first kappa shape index (κ1) is 13.1. The molecule has 0 saturated carbocycles. The van der Waals surface area contributed by atoms with Crippen molar-refractivity contribution in [3.63, 3.8) is 0 Å². The minimum atomic E-state index is -0.363. The number of nitrogens with zero attached hydrogens (tertiary/aromatic N) is 2. The Morgan fingerprint density at radius 3 is 2.37 bits per heavy atom. The van der Waals surface area contributed by atoms with Crippen LogP contribution in [0, 0.1) is 0 Å². The van der Waals surface area contributed by atoms with E-state index in [2.05, 4.69) is 15.1 Å². The number of hydrogen-bond donors (Lipinski definition) is 2. The van der Waals surface area contributed by atoms with Crippen molar-refractivity contribution in [2.24, 2.45) is 0 Å². The lowest BCUT2D eigenvalue weighted by Gasteiger charge is -2.43. The maximum Gasteiger partial charge on any atom is 0.0916 e. The molecule has 2 aliphatic rings. The van der Waals surface area contributed by atoms with Crippen LogP contribution in [0.3, 0.4) is 0 Å². The van der Waals surface area contributed by atoms with E-state index in [4.69, 9.17) is 0 Å². The van der Waals surface area contributed by atoms with Crippen molar-refractivity contribution in [1.29, 1.82) is 0 Å². The summed E-state index contributed by atoms with van der Waals surface area (Å²) in [5.41, 5.74) is 1.02. The number of aliphatic hydroxyl groups is 1. The van der Waals surface area contributed by atoms with Gasteiger partial charge in [-0.2, -0.15) is 0 Å². The number of nitrogens with one attached hydrogen (secondary N) is 1. The molecule has 0 aromatic heterocycles. The van der Waals surface area contributed by atoms with Crippen molar-refractivity contribution in [3.8, 4) is 0 Å². The van der Waals surface area contributed by atoms with Crippen molar-refractivity contribution in [2.75, 3.05) is 45.8 Å². The molecule has 104 valence electrons. The molecular weight excluding hydrogens is 238 g/mol. The van der Waals surface area contributed by atoms with E-state index in [-0.39, 0.29) is 6.10 Å². The van der Waals surface area contributed by atoms with Crippen LogP contribution < -0.4 is 5.32 Å². The maximum absolute atomic E-state index is 10.2. The lowest BCUT2D eigenvalue weighted by atomic mass is 10.1. The van der Waals surface area contributed by atoms with Crippen molar-refractivity contribution in [3.05, 3.63) is 35.9 Å². The third-order valence-corrected chi connectivity index (χ3v) is 4.30. The molecule has 0 bridgehead atoms. The predicted octanol–water partition coefficient (Wildman–Crippen LogP) is 0.309. The summed E-state index contributed by atoms with van der Waals surface area (Å²) in [5, 5.41) is 13.6. The van der Waals surface area contributed by atoms with E-state index >= 15 is 0 Å². The highest BCUT2D eigenvalue weighted by Gasteiger charge is 2.28. The minimum Gasteiger partial charge on any atom is -0.387 e. The fourth-order valence-corrected chi connectivity index (χ4v) is 2.87. The first-order valence-electron chi connectivity index (χ1n) is 7.23. The van der Waals surface area contributed by atoms with Crippen LogP contribution in [0.1, 0.15) is 11.7 Å². The van der Waals surface area contributed by atoms with Gasteiger partial charge in [0.15, 0.2) is 0 Å². The third kappa shape index (κ3) is 3.15. The van der Waals surface area contributed by atoms with Crippen LogP contribution in [0.5, 0.6) is 0 Å². The molecule has 4 nitrogen and oxygen atoms in total. The van der Waals surface area contributed by atoms with Crippen LogP contribution in [-0.2, 0) is 0 Å². The number of aliphatic hydroxyl groups excluding tert-OH is 1. The Morgan fingerprint density at radius 2 is 1.79 bits per heavy atom. The fraction of sp³-hybridized carbons (Fsp3) is 0.600. The standard InChI is InChI=1S/C15H23N3O/c19-15(13-4-2-1-3-5-13)12-17-6-8-18(9-7-17)14-10-16-11-14/h1-5,14-16,19H,6-12H2. The van der Waals surface area contributed by atoms with E-state index in [1.807, 2.05) is 30.3 Å². The van der Waals surface area contributed by atoms with Gasteiger partial charge < -0.3 is 10.4 Å². The molecule has 1 aromatic carbocycles. The summed E-state index contributed by atoms with van der Waals surface area (Å²) < 4.78 is 0. The quantitative estimate of drug-likeness (QED) is 0.818. The Labute approximate surface area is 115 Å². The average Bonchev–Trinajstić information content (AvgIpc) is 2.40. The first-order valence-corrected chi connectivity index (χ1v) is 7.23. The average molecular weight is 261 g/mol. The van der Waals surface area contributed by atoms with Crippen molar-refractivity contribution in [1.82, 2.24) is 15.1 Å². The number of piperazine rings is 1. The van der Waals surface area contributed by atoms with Gasteiger partial charge in [0, 0.05) is 51.9 Å². The highest BCUT2D eigenvalue weighted by Crippen LogP contribution is 2.16. The fourth-order valence-electron chi connectivity index (χ4n) is 2.87. The Hall–Kier alpha value is -0.940. The number of hydrogen-bond acceptors (Lipinski definition) is 4. The first-order chi connectivity index (χ1) is 9.33. The molecule has 0 spiro atoms. The number of benzene rings is 1. The van der Waals surface area contributed by atoms with E-state index in [1.165, 1.54) is 0 Å². The molecule has 0 radical (unpaired) electrons. The zero-order valence-electron chi connectivity index (χ0n) is 11.3. The van der Waals surface area contributed by atoms with E-state index < -0.39 is 0 Å². The molecule has 2 fully saturated rings. The van der Waals surface area contributed by atoms with Gasteiger partial charge in [0.2, 0.25) is 0 Å². The van der Waals surface area contributed by atoms with E-state index in [0.29, 0.717) is 0 Å². The summed E-state index contributed by atoms with van der Waals surface area (Å²) in [4.78, 5) is 4.95. The molecule has 19 heavy (non-hydrogen) atoms. The predicted molar refractivity (Wildman–Crippen MR) is 76.1 cm³/mol. The SMILES string of the molecule is OC(CN1CCN(C2CNC2)CC1)c1ccccc1. The van der Waals surface area contributed by atoms with Gasteiger partial charge in [-0.25, -0.2) is 0 Å². The molecule has 0 amide bonds. The topological polar surface area (TPSA) is 38.7 Å². The van der Waals surface area contributed by atoms with Gasteiger partial charge in [-0.05, 0) is 5.56 Å². The van der Waals surface area contributed by atoms with Gasteiger partial charge in [-0.1, -0.05) is 30.3 Å². The molecule has 2 aliphatic heterocycles. The van der Waals surface area contributed by atoms with Gasteiger partial charge in [0.1, 0.15) is 0 Å². The van der Waals surface area contributed by atoms with Gasteiger partial charge in [-0.3, -0.25) is 9.80 Å². The van der Waals surface area contributed by atoms with Crippen molar-refractivity contribution >= 4 is 0 Å². The van der Waals surface area contributed by atoms with Gasteiger partial charge in [0.25, 0.3) is 0 Å². The Morgan fingerprint density at radius 1 is 1.11 bits per heavy atom. The highest BCUT2D eigenvalue weighted by atomic mass is 16.3. The summed E-state index contributed by atoms with van der Waals surface area (Å²) in [7, 11) is 0. The molecule has 0 aliphatic carbocycles. The molecule has 2 saturated heterocycles. The zero-order valence-corrected chi connectivity index (χ0v) is 11.3. The van der Waals surface area contributed by atoms with Crippen LogP contribution >= 0.6 is 0 Å². The minimum absolute atomic E-state index is 0.363. The maximum atomic E-state index is 10.2. The van der Waals surface area contributed by atoms with Crippen LogP contribution in [0.15, 0.2) is 30.3 Å². The molecule has 4 heteroatoms. The lowest BCUT2D eigenvalue weighted by molar-refractivity contribution is 0.0439. The van der Waals surface area contributed by atoms with Crippen molar-refractivity contribution < 1.29 is 5.11 Å². The van der Waals surface area contributed by atoms with Gasteiger partial charge in [0.05, 0.1) is 6.10 Å². The Kier molecular flexibility index (Phi) is 4.13. The molecule has 1 unspecified atom stereocenters. The van der Waals surface area contributed by atoms with Crippen LogP contribution in [0.4, 0.5) is 0 Å². The van der Waals surface area contributed by atoms with E-state index in [0.717, 1.165) is 57.4 Å². The summed E-state index contributed by atoms with van der Waals surface area (Å²) in [6.07, 6.45) is -0.363. The zero-order chi connectivity index (χ0) is 13.1. The van der Waals surface area contributed by atoms with Crippen LogP contribution in [0.25, 0.3) is 0 Å². The summed E-state index contributed by atoms with van der Waals surface area (Å²) in [6.45, 7) is 7.45. The van der Waals surface area contributed by atoms with Gasteiger partial charge in [-0.15, -0.1) is 0 Å². The molecule has 1 aromatic rings. The molecule has 3 rings (SSSR count). The monoisotopic (exact) mass is 261 g/mol. The summed E-state index contributed by atoms with van der Waals surface area (Å²) in [6, 6.07) is 10.7. The van der Waals surface area contributed by atoms with E-state index in [9.17, 15) is 5.11 Å². The molecular formula is C15H23N3O. The lowest BCUT2D eigenvalue weighted by Crippen LogP contribution is -2.61. The molecule has 1 atom stereocenters. The second-order valence-corrected chi connectivity index (χ2v) is 5.58. The molecule has 2 N–H and O–H groups in total. The van der Waals surface area contributed by atoms with Crippen LogP contribution in [-0.4, -0.2) is 66.8 Å². The summed E-state index contributed by atoms with van der Waals surface area (Å²) in [5.74, 6) is 0. The number of rotatable bonds is 4. The Balaban J connectivity index is 1.46. The summed E-state index contributed by atoms with van der Waals surface area (Å²) >= 11 is 0.